The first-order valence-electron chi connectivity index (χ1n) is 9.20. The summed E-state index contributed by atoms with van der Waals surface area (Å²) in [6, 6.07) is 9.17. The third kappa shape index (κ3) is 4.19. The molecule has 144 valence electrons. The number of furan rings is 1. The molecule has 1 amide bonds. The van der Waals surface area contributed by atoms with Crippen LogP contribution in [-0.2, 0) is 16.0 Å². The largest absolute Gasteiger partial charge is 0.469 e. The zero-order valence-electron chi connectivity index (χ0n) is 15.7. The standard InChI is InChI=1S/C21H24ClNO4/c1-3-26-20(25)21(13-16-6-4-7-17(22)12-16)9-5-10-23(14-21)19(24)18-8-11-27-15(18)2/h4,6-8,11-12H,3,5,9-10,13-14H2,1-2H3/t21-/m0/s1. The van der Waals surface area contributed by atoms with Gasteiger partial charge < -0.3 is 14.1 Å². The van der Waals surface area contributed by atoms with Crippen LogP contribution in [0.2, 0.25) is 5.02 Å². The molecule has 0 saturated carbocycles. The van der Waals surface area contributed by atoms with Crippen LogP contribution in [0.1, 0.15) is 41.4 Å². The molecule has 6 heteroatoms. The fraction of sp³-hybridized carbons (Fsp3) is 0.429. The van der Waals surface area contributed by atoms with Crippen LogP contribution in [0.4, 0.5) is 0 Å². The number of hydrogen-bond acceptors (Lipinski definition) is 4. The second kappa shape index (κ2) is 8.17. The van der Waals surface area contributed by atoms with Crippen molar-refractivity contribution in [2.24, 2.45) is 5.41 Å². The Balaban J connectivity index is 1.89. The highest BCUT2D eigenvalue weighted by Crippen LogP contribution is 2.36. The highest BCUT2D eigenvalue weighted by molar-refractivity contribution is 6.30. The third-order valence-electron chi connectivity index (χ3n) is 5.09. The average Bonchev–Trinajstić information content (AvgIpc) is 3.07. The molecule has 0 aliphatic carbocycles. The molecule has 1 atom stereocenters. The van der Waals surface area contributed by atoms with Crippen molar-refractivity contribution in [3.05, 3.63) is 58.5 Å². The zero-order chi connectivity index (χ0) is 19.4. The van der Waals surface area contributed by atoms with Crippen LogP contribution in [0, 0.1) is 12.3 Å². The van der Waals surface area contributed by atoms with Gasteiger partial charge in [-0.05, 0) is 56.9 Å². The van der Waals surface area contributed by atoms with Gasteiger partial charge in [-0.15, -0.1) is 0 Å². The Bertz CT molecular complexity index is 831. The number of halogens is 1. The average molecular weight is 390 g/mol. The monoisotopic (exact) mass is 389 g/mol. The Morgan fingerprint density at radius 2 is 2.15 bits per heavy atom. The van der Waals surface area contributed by atoms with Crippen molar-refractivity contribution in [3.63, 3.8) is 0 Å². The molecule has 2 heterocycles. The van der Waals surface area contributed by atoms with E-state index in [1.54, 1.807) is 30.9 Å². The molecule has 2 aromatic rings. The molecule has 5 nitrogen and oxygen atoms in total. The number of hydrogen-bond donors (Lipinski definition) is 0. The van der Waals surface area contributed by atoms with Gasteiger partial charge in [0.15, 0.2) is 0 Å². The Kier molecular flexibility index (Phi) is 5.90. The molecule has 0 spiro atoms. The number of nitrogens with zero attached hydrogens (tertiary/aromatic N) is 1. The SMILES string of the molecule is CCOC(=O)[C@]1(Cc2cccc(Cl)c2)CCCN(C(=O)c2ccoc2C)C1. The van der Waals surface area contributed by atoms with E-state index in [0.717, 1.165) is 12.0 Å². The molecule has 1 aromatic carbocycles. The number of carbonyl (C=O) groups excluding carboxylic acids is 2. The van der Waals surface area contributed by atoms with Gasteiger partial charge in [-0.25, -0.2) is 0 Å². The van der Waals surface area contributed by atoms with Crippen LogP contribution >= 0.6 is 11.6 Å². The van der Waals surface area contributed by atoms with Crippen molar-refractivity contribution in [1.29, 1.82) is 0 Å². The van der Waals surface area contributed by atoms with E-state index in [1.807, 2.05) is 18.2 Å². The van der Waals surface area contributed by atoms with Crippen LogP contribution in [-0.4, -0.2) is 36.5 Å². The van der Waals surface area contributed by atoms with Crippen molar-refractivity contribution in [2.45, 2.75) is 33.1 Å². The maximum Gasteiger partial charge on any atom is 0.314 e. The van der Waals surface area contributed by atoms with Crippen LogP contribution in [0.25, 0.3) is 0 Å². The number of aryl methyl sites for hydroxylation is 1. The summed E-state index contributed by atoms with van der Waals surface area (Å²) in [6.45, 7) is 4.81. The fourth-order valence-electron chi connectivity index (χ4n) is 3.79. The minimum atomic E-state index is -0.772. The summed E-state index contributed by atoms with van der Waals surface area (Å²) < 4.78 is 10.7. The molecule has 27 heavy (non-hydrogen) atoms. The zero-order valence-corrected chi connectivity index (χ0v) is 16.4. The molecular formula is C21H24ClNO4. The van der Waals surface area contributed by atoms with Gasteiger partial charge in [0.2, 0.25) is 0 Å². The molecule has 1 aliphatic rings. The predicted molar refractivity (Wildman–Crippen MR) is 103 cm³/mol. The van der Waals surface area contributed by atoms with Crippen LogP contribution in [0.3, 0.4) is 0 Å². The Morgan fingerprint density at radius 3 is 2.81 bits per heavy atom. The van der Waals surface area contributed by atoms with Gasteiger partial charge in [0.25, 0.3) is 5.91 Å². The van der Waals surface area contributed by atoms with Crippen LogP contribution in [0.15, 0.2) is 41.0 Å². The topological polar surface area (TPSA) is 59.8 Å². The van der Waals surface area contributed by atoms with Gasteiger partial charge in [0, 0.05) is 18.1 Å². The van der Waals surface area contributed by atoms with Crippen LogP contribution < -0.4 is 0 Å². The van der Waals surface area contributed by atoms with Crippen molar-refractivity contribution in [1.82, 2.24) is 4.90 Å². The molecule has 3 rings (SSSR count). The molecule has 1 aromatic heterocycles. The van der Waals surface area contributed by atoms with E-state index < -0.39 is 5.41 Å². The number of carbonyl (C=O) groups is 2. The first-order valence-corrected chi connectivity index (χ1v) is 9.58. The Morgan fingerprint density at radius 1 is 1.33 bits per heavy atom. The van der Waals surface area contributed by atoms with E-state index in [0.29, 0.717) is 48.9 Å². The van der Waals surface area contributed by atoms with Crippen molar-refractivity contribution < 1.29 is 18.7 Å². The lowest BCUT2D eigenvalue weighted by Gasteiger charge is -2.41. The van der Waals surface area contributed by atoms with E-state index >= 15 is 0 Å². The quantitative estimate of drug-likeness (QED) is 0.716. The normalized spacial score (nSPS) is 19.7. The summed E-state index contributed by atoms with van der Waals surface area (Å²) in [7, 11) is 0. The number of ether oxygens (including phenoxy) is 1. The second-order valence-corrected chi connectivity index (χ2v) is 7.46. The third-order valence-corrected chi connectivity index (χ3v) is 5.33. The van der Waals surface area contributed by atoms with Crippen molar-refractivity contribution in [3.8, 4) is 0 Å². The summed E-state index contributed by atoms with van der Waals surface area (Å²) in [6.07, 6.45) is 3.41. The van der Waals surface area contributed by atoms with E-state index in [9.17, 15) is 9.59 Å². The summed E-state index contributed by atoms with van der Waals surface area (Å²) in [5, 5.41) is 0.629. The summed E-state index contributed by atoms with van der Waals surface area (Å²) >= 11 is 6.12. The first kappa shape index (κ1) is 19.5. The summed E-state index contributed by atoms with van der Waals surface area (Å²) in [5.41, 5.74) is 0.730. The van der Waals surface area contributed by atoms with E-state index in [-0.39, 0.29) is 11.9 Å². The fourth-order valence-corrected chi connectivity index (χ4v) is 4.00. The van der Waals surface area contributed by atoms with E-state index in [2.05, 4.69) is 0 Å². The second-order valence-electron chi connectivity index (χ2n) is 7.03. The number of likely N-dealkylation sites (tertiary alicyclic amines) is 1. The number of piperidine rings is 1. The molecule has 0 unspecified atom stereocenters. The lowest BCUT2D eigenvalue weighted by Crippen LogP contribution is -2.51. The van der Waals surface area contributed by atoms with Gasteiger partial charge in [0.05, 0.1) is 23.8 Å². The van der Waals surface area contributed by atoms with Gasteiger partial charge in [-0.2, -0.15) is 0 Å². The van der Waals surface area contributed by atoms with Crippen molar-refractivity contribution in [2.75, 3.05) is 19.7 Å². The highest BCUT2D eigenvalue weighted by atomic mass is 35.5. The molecule has 0 radical (unpaired) electrons. The maximum absolute atomic E-state index is 12.9. The molecule has 1 fully saturated rings. The highest BCUT2D eigenvalue weighted by Gasteiger charge is 2.45. The first-order chi connectivity index (χ1) is 12.9. The lowest BCUT2D eigenvalue weighted by atomic mass is 9.75. The molecule has 0 N–H and O–H groups in total. The smallest absolute Gasteiger partial charge is 0.314 e. The Hall–Kier alpha value is -2.27. The minimum Gasteiger partial charge on any atom is -0.469 e. The molecule has 1 aliphatic heterocycles. The van der Waals surface area contributed by atoms with Gasteiger partial charge >= 0.3 is 5.97 Å². The van der Waals surface area contributed by atoms with Gasteiger partial charge in [-0.1, -0.05) is 23.7 Å². The molecule has 0 bridgehead atoms. The predicted octanol–water partition coefficient (Wildman–Crippen LogP) is 4.27. The minimum absolute atomic E-state index is 0.110. The number of amides is 1. The number of rotatable bonds is 5. The van der Waals surface area contributed by atoms with Crippen LogP contribution in [0.5, 0.6) is 0 Å². The van der Waals surface area contributed by atoms with Crippen molar-refractivity contribution >= 4 is 23.5 Å². The molecular weight excluding hydrogens is 366 g/mol. The Labute approximate surface area is 164 Å². The van der Waals surface area contributed by atoms with Gasteiger partial charge in [0.1, 0.15) is 5.76 Å². The number of benzene rings is 1. The maximum atomic E-state index is 12.9. The molecule has 1 saturated heterocycles. The lowest BCUT2D eigenvalue weighted by molar-refractivity contribution is -0.158. The summed E-state index contributed by atoms with van der Waals surface area (Å²) in [4.78, 5) is 27.6. The van der Waals surface area contributed by atoms with Gasteiger partial charge in [-0.3, -0.25) is 9.59 Å². The van der Waals surface area contributed by atoms with E-state index in [4.69, 9.17) is 20.8 Å². The van der Waals surface area contributed by atoms with E-state index in [1.165, 1.54) is 6.26 Å². The summed E-state index contributed by atoms with van der Waals surface area (Å²) in [5.74, 6) is 0.217. The number of esters is 1.